The molecule has 1 saturated carbocycles. The lowest BCUT2D eigenvalue weighted by Crippen LogP contribution is -2.64. The molecule has 0 radical (unpaired) electrons. The third kappa shape index (κ3) is 5.23. The number of nitrogens with zero attached hydrogens (tertiary/aromatic N) is 4. The first-order chi connectivity index (χ1) is 21.7. The second-order valence-electron chi connectivity index (χ2n) is 11.6. The molecular weight excluding hydrogens is 616 g/mol. The Morgan fingerprint density at radius 1 is 1.07 bits per heavy atom. The van der Waals surface area contributed by atoms with Crippen LogP contribution < -0.4 is 15.1 Å². The number of pyridine rings is 1. The summed E-state index contributed by atoms with van der Waals surface area (Å²) in [7, 11) is 0. The van der Waals surface area contributed by atoms with Crippen LogP contribution in [-0.4, -0.2) is 40.7 Å². The Hall–Kier alpha value is -4.93. The monoisotopic (exact) mass is 641 g/mol. The zero-order valence-corrected chi connectivity index (χ0v) is 24.0. The molecule has 2 atom stereocenters. The fraction of sp³-hybridized carbons (Fsp3) is 0.344. The highest BCUT2D eigenvalue weighted by molar-refractivity contribution is 6.12. The van der Waals surface area contributed by atoms with Crippen LogP contribution in [0.2, 0.25) is 0 Å². The van der Waals surface area contributed by atoms with E-state index in [0.717, 1.165) is 34.1 Å². The van der Waals surface area contributed by atoms with E-state index in [4.69, 9.17) is 0 Å². The van der Waals surface area contributed by atoms with Crippen LogP contribution in [0.1, 0.15) is 54.4 Å². The number of aromatic nitrogens is 1. The van der Waals surface area contributed by atoms with Crippen LogP contribution in [0, 0.1) is 17.1 Å². The lowest BCUT2D eigenvalue weighted by molar-refractivity contribution is -0.139. The molecule has 3 amide bonds. The third-order valence-electron chi connectivity index (χ3n) is 8.75. The Morgan fingerprint density at radius 3 is 2.48 bits per heavy atom. The average Bonchev–Trinajstić information content (AvgIpc) is 3.57. The molecule has 2 aliphatic carbocycles. The number of alkyl halides is 5. The molecule has 1 aliphatic heterocycles. The van der Waals surface area contributed by atoms with Gasteiger partial charge in [0, 0.05) is 37.2 Å². The molecule has 0 bridgehead atoms. The predicted molar refractivity (Wildman–Crippen MR) is 151 cm³/mol. The quantitative estimate of drug-likeness (QED) is 0.363. The van der Waals surface area contributed by atoms with E-state index in [1.54, 1.807) is 0 Å². The first-order valence-corrected chi connectivity index (χ1v) is 14.4. The van der Waals surface area contributed by atoms with Crippen LogP contribution in [0.4, 0.5) is 37.8 Å². The highest BCUT2D eigenvalue weighted by Gasteiger charge is 2.58. The zero-order valence-electron chi connectivity index (χ0n) is 24.0. The summed E-state index contributed by atoms with van der Waals surface area (Å²) < 4.78 is 84.9. The van der Waals surface area contributed by atoms with Crippen LogP contribution in [0.3, 0.4) is 0 Å². The number of anilines is 2. The van der Waals surface area contributed by atoms with Crippen molar-refractivity contribution in [3.05, 3.63) is 88.9 Å². The smallest absolute Gasteiger partial charge is 0.351 e. The van der Waals surface area contributed by atoms with Crippen LogP contribution in [0.25, 0.3) is 0 Å². The average molecular weight is 642 g/mol. The van der Waals surface area contributed by atoms with Gasteiger partial charge in [-0.05, 0) is 66.8 Å². The Kier molecular flexibility index (Phi) is 7.53. The molecule has 3 aliphatic rings. The number of hydrogen-bond donors (Lipinski definition) is 1. The molecule has 1 unspecified atom stereocenters. The van der Waals surface area contributed by atoms with Gasteiger partial charge >= 0.3 is 6.18 Å². The number of nitriles is 1. The summed E-state index contributed by atoms with van der Waals surface area (Å²) in [6.45, 7) is 0. The summed E-state index contributed by atoms with van der Waals surface area (Å²) in [4.78, 5) is 48.4. The Balaban J connectivity index is 1.54. The largest absolute Gasteiger partial charge is 0.416 e. The molecule has 14 heteroatoms. The van der Waals surface area contributed by atoms with Gasteiger partial charge in [0.1, 0.15) is 17.7 Å². The minimum atomic E-state index is -4.83. The highest BCUT2D eigenvalue weighted by Crippen LogP contribution is 2.50. The van der Waals surface area contributed by atoms with Gasteiger partial charge < -0.3 is 5.32 Å². The minimum Gasteiger partial charge on any atom is -0.351 e. The van der Waals surface area contributed by atoms with Crippen molar-refractivity contribution in [3.63, 3.8) is 0 Å². The van der Waals surface area contributed by atoms with Gasteiger partial charge in [0.05, 0.1) is 17.2 Å². The molecule has 2 heterocycles. The Labute approximate surface area is 258 Å². The summed E-state index contributed by atoms with van der Waals surface area (Å²) in [5.74, 6) is -6.39. The molecule has 238 valence electrons. The van der Waals surface area contributed by atoms with Gasteiger partial charge in [-0.1, -0.05) is 18.2 Å². The molecule has 6 rings (SSSR count). The van der Waals surface area contributed by atoms with Crippen molar-refractivity contribution in [1.29, 1.82) is 5.26 Å². The van der Waals surface area contributed by atoms with E-state index in [-0.39, 0.29) is 47.5 Å². The molecular formula is C32H25F6N5O3. The molecule has 3 aromatic rings. The summed E-state index contributed by atoms with van der Waals surface area (Å²) >= 11 is 0. The van der Waals surface area contributed by atoms with Gasteiger partial charge in [-0.3, -0.25) is 24.2 Å². The van der Waals surface area contributed by atoms with Crippen molar-refractivity contribution in [2.75, 3.05) is 9.80 Å². The van der Waals surface area contributed by atoms with E-state index in [9.17, 15) is 46.0 Å². The molecule has 2 aromatic carbocycles. The summed E-state index contributed by atoms with van der Waals surface area (Å²) in [5.41, 5.74) is -3.79. The van der Waals surface area contributed by atoms with Crippen molar-refractivity contribution < 1.29 is 40.7 Å². The van der Waals surface area contributed by atoms with Gasteiger partial charge in [0.2, 0.25) is 5.91 Å². The van der Waals surface area contributed by atoms with Crippen molar-refractivity contribution >= 4 is 29.2 Å². The van der Waals surface area contributed by atoms with Crippen LogP contribution in [0.15, 0.2) is 60.8 Å². The number of amides is 3. The number of hydrogen-bond acceptors (Lipinski definition) is 5. The maximum absolute atomic E-state index is 14.8. The van der Waals surface area contributed by atoms with Crippen LogP contribution in [0.5, 0.6) is 0 Å². The van der Waals surface area contributed by atoms with Gasteiger partial charge in [-0.2, -0.15) is 18.4 Å². The molecule has 1 N–H and O–H groups in total. The zero-order chi connectivity index (χ0) is 33.0. The van der Waals surface area contributed by atoms with Crippen molar-refractivity contribution in [3.8, 4) is 6.07 Å². The van der Waals surface area contributed by atoms with Crippen LogP contribution in [-0.2, 0) is 32.5 Å². The minimum absolute atomic E-state index is 0.0412. The Bertz CT molecular complexity index is 1780. The predicted octanol–water partition coefficient (Wildman–Crippen LogP) is 5.40. The van der Waals surface area contributed by atoms with Gasteiger partial charge in [-0.15, -0.1) is 0 Å². The number of halogens is 6. The second-order valence-corrected chi connectivity index (χ2v) is 11.6. The van der Waals surface area contributed by atoms with E-state index in [1.165, 1.54) is 36.5 Å². The summed E-state index contributed by atoms with van der Waals surface area (Å²) in [5, 5.41) is 11.9. The fourth-order valence-electron chi connectivity index (χ4n) is 6.71. The van der Waals surface area contributed by atoms with Gasteiger partial charge in [0.25, 0.3) is 17.7 Å². The van der Waals surface area contributed by atoms with E-state index < -0.39 is 78.1 Å². The molecule has 46 heavy (non-hydrogen) atoms. The lowest BCUT2D eigenvalue weighted by Gasteiger charge is -2.45. The standard InChI is InChI=1S/C32H25F6N5O3/c33-19-3-1-4-21(14-19)43(28(45)25-7-8-27(44)42(25)26-13-18(17-39)10-12-40-26)31(29(46)41-20-15-30(34,35)16-20)11-9-22-23(31)5-2-6-24(22)32(36,37)38/h1-6,10,12-14,20,25H,7-9,11,15-16H2,(H,41,46)/t25-,31?/m0/s1. The van der Waals surface area contributed by atoms with E-state index in [2.05, 4.69) is 10.3 Å². The number of nitrogens with one attached hydrogen (secondary N) is 1. The topological polar surface area (TPSA) is 106 Å². The van der Waals surface area contributed by atoms with Gasteiger partial charge in [0.15, 0.2) is 5.54 Å². The highest BCUT2D eigenvalue weighted by atomic mass is 19.4. The first kappa shape index (κ1) is 31.1. The maximum atomic E-state index is 14.8. The van der Waals surface area contributed by atoms with E-state index in [0.29, 0.717) is 0 Å². The fourth-order valence-corrected chi connectivity index (χ4v) is 6.71. The number of fused-ring (bicyclic) bond motifs is 1. The molecule has 8 nitrogen and oxygen atoms in total. The Morgan fingerprint density at radius 2 is 1.80 bits per heavy atom. The number of benzene rings is 2. The maximum Gasteiger partial charge on any atom is 0.416 e. The second kappa shape index (κ2) is 11.1. The molecule has 0 spiro atoms. The lowest BCUT2D eigenvalue weighted by atomic mass is 9.83. The number of carbonyl (C=O) groups is 3. The number of rotatable bonds is 6. The molecule has 1 aromatic heterocycles. The van der Waals surface area contributed by atoms with Crippen molar-refractivity contribution in [2.24, 2.45) is 0 Å². The summed E-state index contributed by atoms with van der Waals surface area (Å²) in [6, 6.07) is 9.97. The normalized spacial score (nSPS) is 22.2. The SMILES string of the molecule is N#Cc1ccnc(N2C(=O)CC[C@H]2C(=O)N(c2cccc(F)c2)C2(C(=O)NC3CC(F)(F)C3)CCc3c(C(F)(F)F)cccc32)c1. The summed E-state index contributed by atoms with van der Waals surface area (Å²) in [6.07, 6.45) is -5.92. The van der Waals surface area contributed by atoms with Crippen LogP contribution >= 0.6 is 0 Å². The van der Waals surface area contributed by atoms with Crippen molar-refractivity contribution in [1.82, 2.24) is 10.3 Å². The molecule has 2 fully saturated rings. The van der Waals surface area contributed by atoms with Crippen molar-refractivity contribution in [2.45, 2.75) is 68.2 Å². The third-order valence-corrected chi connectivity index (χ3v) is 8.75. The van der Waals surface area contributed by atoms with E-state index >= 15 is 0 Å². The van der Waals surface area contributed by atoms with E-state index in [1.807, 2.05) is 6.07 Å². The molecule has 1 saturated heterocycles. The first-order valence-electron chi connectivity index (χ1n) is 14.4. The number of carbonyl (C=O) groups excluding carboxylic acids is 3. The van der Waals surface area contributed by atoms with Gasteiger partial charge in [-0.25, -0.2) is 18.2 Å².